The number of aromatic amines is 1. The Morgan fingerprint density at radius 1 is 1.32 bits per heavy atom. The van der Waals surface area contributed by atoms with Crippen LogP contribution in [0.15, 0.2) is 32.5 Å². The Balaban J connectivity index is 2.03. The van der Waals surface area contributed by atoms with Gasteiger partial charge in [0.1, 0.15) is 16.0 Å². The first-order chi connectivity index (χ1) is 14.9. The molecule has 0 radical (unpaired) electrons. The van der Waals surface area contributed by atoms with E-state index in [1.165, 1.54) is 12.8 Å². The van der Waals surface area contributed by atoms with Crippen molar-refractivity contribution < 1.29 is 4.74 Å². The highest BCUT2D eigenvalue weighted by Crippen LogP contribution is 2.32. The molecule has 2 aromatic rings. The highest BCUT2D eigenvalue weighted by Gasteiger charge is 2.19. The summed E-state index contributed by atoms with van der Waals surface area (Å²) in [5.74, 6) is 2.19. The van der Waals surface area contributed by atoms with Crippen LogP contribution in [0, 0.1) is 0 Å². The van der Waals surface area contributed by atoms with Crippen LogP contribution in [0.3, 0.4) is 0 Å². The second-order valence-electron chi connectivity index (χ2n) is 7.94. The number of anilines is 1. The minimum atomic E-state index is -0.196. The van der Waals surface area contributed by atoms with Crippen molar-refractivity contribution in [2.45, 2.75) is 52.9 Å². The highest BCUT2D eigenvalue weighted by molar-refractivity contribution is 9.10. The number of likely N-dealkylation sites (tertiary alicyclic amines) is 1. The molecule has 1 aliphatic rings. The van der Waals surface area contributed by atoms with Gasteiger partial charge < -0.3 is 19.9 Å². The van der Waals surface area contributed by atoms with Crippen molar-refractivity contribution in [3.05, 3.63) is 38.7 Å². The molecule has 0 aliphatic carbocycles. The molecule has 31 heavy (non-hydrogen) atoms. The Bertz CT molecular complexity index is 980. The maximum atomic E-state index is 12.6. The van der Waals surface area contributed by atoms with Crippen LogP contribution in [0.1, 0.15) is 58.6 Å². The molecule has 1 saturated heterocycles. The van der Waals surface area contributed by atoms with Gasteiger partial charge in [-0.2, -0.15) is 0 Å². The molecule has 168 valence electrons. The summed E-state index contributed by atoms with van der Waals surface area (Å²) in [6.07, 6.45) is 3.26. The molecule has 2 heterocycles. The third kappa shape index (κ3) is 5.67. The normalized spacial score (nSPS) is 14.4. The van der Waals surface area contributed by atoms with E-state index in [9.17, 15) is 4.79 Å². The first-order valence-corrected chi connectivity index (χ1v) is 11.9. The second-order valence-corrected chi connectivity index (χ2v) is 8.74. The van der Waals surface area contributed by atoms with Crippen LogP contribution in [0.25, 0.3) is 11.4 Å². The lowest BCUT2D eigenvalue weighted by atomic mass is 10.1. The molecule has 1 aliphatic heterocycles. The Morgan fingerprint density at radius 3 is 2.71 bits per heavy atom. The van der Waals surface area contributed by atoms with E-state index in [0.29, 0.717) is 29.2 Å². The standard InChI is InChI=1S/C23H32BrN5O2/c1-5-13-31-18-10-9-16(26-23(25-6-2)29-11-7-8-12-29)14-17(18)21-27-20(15(3)4)19(24)22(30)28-21/h9-10,14-15H,5-8,11-13H2,1-4H3,(H,25,26)(H,27,28,30). The van der Waals surface area contributed by atoms with Crippen LogP contribution in [0.2, 0.25) is 0 Å². The summed E-state index contributed by atoms with van der Waals surface area (Å²) < 4.78 is 6.45. The molecule has 2 N–H and O–H groups in total. The maximum Gasteiger partial charge on any atom is 0.265 e. The van der Waals surface area contributed by atoms with Gasteiger partial charge in [0, 0.05) is 25.3 Å². The Morgan fingerprint density at radius 2 is 2.06 bits per heavy atom. The van der Waals surface area contributed by atoms with Crippen LogP contribution in [0.4, 0.5) is 5.69 Å². The van der Waals surface area contributed by atoms with Crippen molar-refractivity contribution in [2.75, 3.05) is 31.6 Å². The number of hydrogen-bond acceptors (Lipinski definition) is 4. The van der Waals surface area contributed by atoms with E-state index in [-0.39, 0.29) is 11.5 Å². The lowest BCUT2D eigenvalue weighted by molar-refractivity contribution is 0.318. The molecule has 1 aromatic heterocycles. The van der Waals surface area contributed by atoms with E-state index in [1.807, 2.05) is 39.0 Å². The molecule has 1 fully saturated rings. The van der Waals surface area contributed by atoms with Gasteiger partial charge in [-0.15, -0.1) is 0 Å². The summed E-state index contributed by atoms with van der Waals surface area (Å²) in [5, 5.41) is 3.47. The van der Waals surface area contributed by atoms with E-state index in [4.69, 9.17) is 9.72 Å². The van der Waals surface area contributed by atoms with E-state index in [1.54, 1.807) is 0 Å². The predicted molar refractivity (Wildman–Crippen MR) is 130 cm³/mol. The molecule has 0 amide bonds. The summed E-state index contributed by atoms with van der Waals surface area (Å²) in [5.41, 5.74) is 2.17. The Labute approximate surface area is 192 Å². The predicted octanol–water partition coefficient (Wildman–Crippen LogP) is 5.00. The molecular formula is C23H32BrN5O2. The van der Waals surface area contributed by atoms with Crippen LogP contribution in [-0.4, -0.2) is 47.1 Å². The van der Waals surface area contributed by atoms with Gasteiger partial charge in [0.05, 0.1) is 17.9 Å². The fourth-order valence-corrected chi connectivity index (χ4v) is 4.19. The van der Waals surface area contributed by atoms with Gasteiger partial charge in [-0.05, 0) is 66.2 Å². The van der Waals surface area contributed by atoms with Crippen molar-refractivity contribution in [3.8, 4) is 17.1 Å². The largest absolute Gasteiger partial charge is 0.493 e. The zero-order valence-corrected chi connectivity index (χ0v) is 20.4. The number of aliphatic imine (C=N–C) groups is 1. The van der Waals surface area contributed by atoms with E-state index < -0.39 is 0 Å². The van der Waals surface area contributed by atoms with Crippen molar-refractivity contribution >= 4 is 27.6 Å². The number of nitrogens with one attached hydrogen (secondary N) is 2. The van der Waals surface area contributed by atoms with Gasteiger partial charge in [0.2, 0.25) is 0 Å². The molecular weight excluding hydrogens is 458 g/mol. The lowest BCUT2D eigenvalue weighted by Crippen LogP contribution is -2.34. The lowest BCUT2D eigenvalue weighted by Gasteiger charge is -2.22. The summed E-state index contributed by atoms with van der Waals surface area (Å²) in [6, 6.07) is 5.89. The zero-order valence-electron chi connectivity index (χ0n) is 18.8. The number of ether oxygens (including phenoxy) is 1. The van der Waals surface area contributed by atoms with E-state index in [2.05, 4.69) is 43.0 Å². The number of nitrogens with zero attached hydrogens (tertiary/aromatic N) is 3. The smallest absolute Gasteiger partial charge is 0.265 e. The summed E-state index contributed by atoms with van der Waals surface area (Å²) >= 11 is 3.38. The highest BCUT2D eigenvalue weighted by atomic mass is 79.9. The number of rotatable bonds is 7. The molecule has 0 saturated carbocycles. The van der Waals surface area contributed by atoms with Crippen LogP contribution >= 0.6 is 15.9 Å². The van der Waals surface area contributed by atoms with Crippen LogP contribution in [0.5, 0.6) is 5.75 Å². The summed E-state index contributed by atoms with van der Waals surface area (Å²) in [7, 11) is 0. The Hall–Kier alpha value is -2.35. The summed E-state index contributed by atoms with van der Waals surface area (Å²) in [4.78, 5) is 27.2. The number of benzene rings is 1. The van der Waals surface area contributed by atoms with Gasteiger partial charge in [0.25, 0.3) is 5.56 Å². The second kappa shape index (κ2) is 10.8. The minimum Gasteiger partial charge on any atom is -0.493 e. The zero-order chi connectivity index (χ0) is 22.4. The fourth-order valence-electron chi connectivity index (χ4n) is 3.54. The third-order valence-electron chi connectivity index (χ3n) is 5.10. The van der Waals surface area contributed by atoms with Gasteiger partial charge >= 0.3 is 0 Å². The van der Waals surface area contributed by atoms with E-state index in [0.717, 1.165) is 42.4 Å². The molecule has 7 nitrogen and oxygen atoms in total. The fraction of sp³-hybridized carbons (Fsp3) is 0.522. The van der Waals surface area contributed by atoms with E-state index >= 15 is 0 Å². The van der Waals surface area contributed by atoms with Crippen molar-refractivity contribution in [1.29, 1.82) is 0 Å². The number of aromatic nitrogens is 2. The molecule has 0 unspecified atom stereocenters. The Kier molecular flexibility index (Phi) is 8.12. The SMILES string of the molecule is CCCOc1ccc(N/C(=N/CC)N2CCCC2)cc1-c1nc(C(C)C)c(Br)c(=O)[nH]1. The average molecular weight is 490 g/mol. The monoisotopic (exact) mass is 489 g/mol. The molecule has 1 aromatic carbocycles. The summed E-state index contributed by atoms with van der Waals surface area (Å²) in [6.45, 7) is 11.5. The molecule has 0 spiro atoms. The molecule has 0 atom stereocenters. The number of halogens is 1. The van der Waals surface area contributed by atoms with Crippen molar-refractivity contribution in [1.82, 2.24) is 14.9 Å². The first kappa shape index (κ1) is 23.3. The number of guanidine groups is 1. The van der Waals surface area contributed by atoms with Crippen molar-refractivity contribution in [3.63, 3.8) is 0 Å². The topological polar surface area (TPSA) is 82.6 Å². The third-order valence-corrected chi connectivity index (χ3v) is 5.87. The maximum absolute atomic E-state index is 12.6. The molecule has 3 rings (SSSR count). The number of H-pyrrole nitrogens is 1. The van der Waals surface area contributed by atoms with Gasteiger partial charge in [0.15, 0.2) is 5.96 Å². The quantitative estimate of drug-likeness (QED) is 0.422. The molecule has 0 bridgehead atoms. The van der Waals surface area contributed by atoms with Crippen molar-refractivity contribution in [2.24, 2.45) is 4.99 Å². The average Bonchev–Trinajstić information content (AvgIpc) is 3.29. The number of hydrogen-bond donors (Lipinski definition) is 2. The molecule has 8 heteroatoms. The van der Waals surface area contributed by atoms with Gasteiger partial charge in [-0.25, -0.2) is 4.98 Å². The van der Waals surface area contributed by atoms with Crippen LogP contribution < -0.4 is 15.6 Å². The van der Waals surface area contributed by atoms with Gasteiger partial charge in [-0.3, -0.25) is 9.79 Å². The van der Waals surface area contributed by atoms with Gasteiger partial charge in [-0.1, -0.05) is 20.8 Å². The first-order valence-electron chi connectivity index (χ1n) is 11.1. The van der Waals surface area contributed by atoms with Crippen LogP contribution in [-0.2, 0) is 0 Å². The minimum absolute atomic E-state index is 0.107.